The van der Waals surface area contributed by atoms with E-state index in [1.54, 1.807) is 6.07 Å². The molecule has 3 rings (SSSR count). The Morgan fingerprint density at radius 1 is 1.32 bits per heavy atom. The van der Waals surface area contributed by atoms with E-state index in [0.717, 1.165) is 5.56 Å². The highest BCUT2D eigenvalue weighted by Gasteiger charge is 2.21. The van der Waals surface area contributed by atoms with Gasteiger partial charge in [0.2, 0.25) is 0 Å². The lowest BCUT2D eigenvalue weighted by atomic mass is 10.1. The van der Waals surface area contributed by atoms with Gasteiger partial charge in [-0.15, -0.1) is 0 Å². The van der Waals surface area contributed by atoms with Crippen molar-refractivity contribution in [1.82, 2.24) is 4.98 Å². The number of fused-ring (bicyclic) bond motifs is 1. The van der Waals surface area contributed by atoms with E-state index in [2.05, 4.69) is 10.3 Å². The minimum absolute atomic E-state index is 0.0107. The molecule has 0 radical (unpaired) electrons. The summed E-state index contributed by atoms with van der Waals surface area (Å²) in [6, 6.07) is 13.5. The van der Waals surface area contributed by atoms with E-state index in [-0.39, 0.29) is 5.69 Å². The first-order valence-electron chi connectivity index (χ1n) is 7.50. The molecule has 0 amide bonds. The summed E-state index contributed by atoms with van der Waals surface area (Å²) in [5.74, 6) is -0.394. The molecule has 1 N–H and O–H groups in total. The summed E-state index contributed by atoms with van der Waals surface area (Å²) >= 11 is 1.26. The van der Waals surface area contributed by atoms with Crippen molar-refractivity contribution in [2.24, 2.45) is 0 Å². The van der Waals surface area contributed by atoms with Crippen LogP contribution in [0, 0.1) is 10.1 Å². The average molecular weight is 357 g/mol. The van der Waals surface area contributed by atoms with Gasteiger partial charge in [0.1, 0.15) is 6.04 Å². The van der Waals surface area contributed by atoms with Crippen LogP contribution < -0.4 is 5.32 Å². The Balaban J connectivity index is 1.84. The first kappa shape index (κ1) is 16.8. The van der Waals surface area contributed by atoms with Crippen molar-refractivity contribution >= 4 is 38.3 Å². The van der Waals surface area contributed by atoms with Gasteiger partial charge in [-0.3, -0.25) is 10.1 Å². The predicted molar refractivity (Wildman–Crippen MR) is 95.8 cm³/mol. The molecular formula is C17H15N3O4S. The summed E-state index contributed by atoms with van der Waals surface area (Å²) in [7, 11) is 1.34. The van der Waals surface area contributed by atoms with E-state index < -0.39 is 16.9 Å². The van der Waals surface area contributed by atoms with Crippen LogP contribution in [0.2, 0.25) is 0 Å². The van der Waals surface area contributed by atoms with Crippen molar-refractivity contribution < 1.29 is 14.5 Å². The second-order valence-corrected chi connectivity index (χ2v) is 6.37. The number of benzene rings is 2. The molecule has 1 heterocycles. The minimum atomic E-state index is -0.594. The van der Waals surface area contributed by atoms with Crippen molar-refractivity contribution in [3.63, 3.8) is 0 Å². The van der Waals surface area contributed by atoms with Crippen LogP contribution in [0.1, 0.15) is 5.56 Å². The van der Waals surface area contributed by atoms with Gasteiger partial charge in [0.05, 0.1) is 22.2 Å². The lowest BCUT2D eigenvalue weighted by Gasteiger charge is -2.15. The maximum Gasteiger partial charge on any atom is 0.328 e. The zero-order valence-electron chi connectivity index (χ0n) is 13.3. The summed E-state index contributed by atoms with van der Waals surface area (Å²) in [5.41, 5.74) is 1.64. The van der Waals surface area contributed by atoms with Gasteiger partial charge in [0.25, 0.3) is 5.69 Å². The number of nitrogens with one attached hydrogen (secondary N) is 1. The number of anilines is 1. The molecule has 8 heteroatoms. The highest BCUT2D eigenvalue weighted by atomic mass is 32.1. The fourth-order valence-corrected chi connectivity index (χ4v) is 3.37. The molecule has 0 saturated carbocycles. The maximum absolute atomic E-state index is 12.1. The number of aromatic nitrogens is 1. The minimum Gasteiger partial charge on any atom is -0.467 e. The number of nitro groups is 1. The van der Waals surface area contributed by atoms with E-state index in [4.69, 9.17) is 4.74 Å². The Morgan fingerprint density at radius 2 is 2.08 bits per heavy atom. The normalized spacial score (nSPS) is 11.9. The quantitative estimate of drug-likeness (QED) is 0.413. The summed E-state index contributed by atoms with van der Waals surface area (Å²) in [6.45, 7) is 0. The van der Waals surface area contributed by atoms with Gasteiger partial charge in [-0.25, -0.2) is 9.78 Å². The Morgan fingerprint density at radius 3 is 2.76 bits per heavy atom. The van der Waals surface area contributed by atoms with Crippen molar-refractivity contribution in [2.75, 3.05) is 12.4 Å². The fraction of sp³-hybridized carbons (Fsp3) is 0.176. The van der Waals surface area contributed by atoms with Gasteiger partial charge in [-0.1, -0.05) is 41.7 Å². The molecule has 0 spiro atoms. The topological polar surface area (TPSA) is 94.4 Å². The number of methoxy groups -OCH3 is 1. The van der Waals surface area contributed by atoms with Gasteiger partial charge in [0.15, 0.2) is 5.13 Å². The third kappa shape index (κ3) is 3.92. The van der Waals surface area contributed by atoms with Gasteiger partial charge in [0, 0.05) is 18.6 Å². The van der Waals surface area contributed by atoms with Crippen LogP contribution in [0.15, 0.2) is 48.5 Å². The number of thiazole rings is 1. The van der Waals surface area contributed by atoms with Crippen LogP contribution >= 0.6 is 11.3 Å². The standard InChI is InChI=1S/C17H15N3O4S/c1-24-16(21)14(9-11-5-3-2-4-6-11)19-17-18-13-8-7-12(20(22)23)10-15(13)25-17/h2-8,10,14H,9H2,1H3,(H,18,19)/t14-/m1/s1. The molecule has 0 unspecified atom stereocenters. The van der Waals surface area contributed by atoms with Crippen LogP contribution in [0.3, 0.4) is 0 Å². The number of hydrogen-bond donors (Lipinski definition) is 1. The molecule has 0 aliphatic carbocycles. The Bertz CT molecular complexity index is 911. The van der Waals surface area contributed by atoms with E-state index in [9.17, 15) is 14.9 Å². The van der Waals surface area contributed by atoms with Crippen molar-refractivity contribution in [3.05, 3.63) is 64.2 Å². The third-order valence-electron chi connectivity index (χ3n) is 3.65. The number of hydrogen-bond acceptors (Lipinski definition) is 7. The molecule has 7 nitrogen and oxygen atoms in total. The molecular weight excluding hydrogens is 342 g/mol. The fourth-order valence-electron chi connectivity index (χ4n) is 2.42. The molecule has 0 bridgehead atoms. The van der Waals surface area contributed by atoms with Crippen LogP contribution in [0.4, 0.5) is 10.8 Å². The summed E-state index contributed by atoms with van der Waals surface area (Å²) in [5, 5.41) is 14.5. The maximum atomic E-state index is 12.1. The van der Waals surface area contributed by atoms with Crippen molar-refractivity contribution in [2.45, 2.75) is 12.5 Å². The number of nitrogens with zero attached hydrogens (tertiary/aromatic N) is 2. The largest absolute Gasteiger partial charge is 0.467 e. The number of carbonyl (C=O) groups excluding carboxylic acids is 1. The molecule has 0 aliphatic heterocycles. The van der Waals surface area contributed by atoms with E-state index >= 15 is 0 Å². The SMILES string of the molecule is COC(=O)[C@@H](Cc1ccccc1)Nc1nc2ccc([N+](=O)[O-])cc2s1. The van der Waals surface area contributed by atoms with Crippen LogP contribution in [-0.2, 0) is 16.0 Å². The first-order chi connectivity index (χ1) is 12.1. The summed E-state index contributed by atoms with van der Waals surface area (Å²) < 4.78 is 5.55. The van der Waals surface area contributed by atoms with E-state index in [0.29, 0.717) is 21.8 Å². The number of esters is 1. The molecule has 3 aromatic rings. The van der Waals surface area contributed by atoms with Crippen molar-refractivity contribution in [1.29, 1.82) is 0 Å². The lowest BCUT2D eigenvalue weighted by molar-refractivity contribution is -0.384. The monoisotopic (exact) mass is 357 g/mol. The smallest absolute Gasteiger partial charge is 0.328 e. The molecule has 1 atom stereocenters. The van der Waals surface area contributed by atoms with Gasteiger partial charge >= 0.3 is 5.97 Å². The first-order valence-corrected chi connectivity index (χ1v) is 8.32. The lowest BCUT2D eigenvalue weighted by Crippen LogP contribution is -2.32. The zero-order valence-corrected chi connectivity index (χ0v) is 14.2. The third-order valence-corrected chi connectivity index (χ3v) is 4.60. The summed E-state index contributed by atoms with van der Waals surface area (Å²) in [6.07, 6.45) is 0.448. The highest BCUT2D eigenvalue weighted by Crippen LogP contribution is 2.29. The van der Waals surface area contributed by atoms with Gasteiger partial charge in [-0.05, 0) is 11.6 Å². The highest BCUT2D eigenvalue weighted by molar-refractivity contribution is 7.22. The number of rotatable bonds is 6. The molecule has 0 fully saturated rings. The predicted octanol–water partition coefficient (Wildman–Crippen LogP) is 3.40. The number of nitro benzene ring substituents is 1. The molecule has 0 aliphatic rings. The molecule has 128 valence electrons. The van der Waals surface area contributed by atoms with E-state index in [1.807, 2.05) is 30.3 Å². The average Bonchev–Trinajstić information content (AvgIpc) is 3.02. The Kier molecular flexibility index (Phi) is 4.90. The van der Waals surface area contributed by atoms with Gasteiger partial charge in [-0.2, -0.15) is 0 Å². The van der Waals surface area contributed by atoms with Crippen LogP contribution in [0.25, 0.3) is 10.2 Å². The van der Waals surface area contributed by atoms with E-state index in [1.165, 1.54) is 30.6 Å². The Hall–Kier alpha value is -3.00. The number of ether oxygens (including phenoxy) is 1. The second kappa shape index (κ2) is 7.27. The number of carbonyl (C=O) groups is 1. The molecule has 25 heavy (non-hydrogen) atoms. The van der Waals surface area contributed by atoms with Crippen LogP contribution in [0.5, 0.6) is 0 Å². The summed E-state index contributed by atoms with van der Waals surface area (Å²) in [4.78, 5) is 26.9. The molecule has 0 saturated heterocycles. The molecule has 2 aromatic carbocycles. The zero-order chi connectivity index (χ0) is 17.8. The van der Waals surface area contributed by atoms with Gasteiger partial charge < -0.3 is 10.1 Å². The molecule has 1 aromatic heterocycles. The van der Waals surface area contributed by atoms with Crippen molar-refractivity contribution in [3.8, 4) is 0 Å². The van der Waals surface area contributed by atoms with Crippen LogP contribution in [-0.4, -0.2) is 29.0 Å². The Labute approximate surface area is 147 Å². The number of non-ortho nitro benzene ring substituents is 1. The second-order valence-electron chi connectivity index (χ2n) is 5.34.